The summed E-state index contributed by atoms with van der Waals surface area (Å²) in [5.41, 5.74) is 2.70. The van der Waals surface area contributed by atoms with Gasteiger partial charge in [-0.25, -0.2) is 21.2 Å². The maximum Gasteiger partial charge on any atom is 0.321 e. The first-order chi connectivity index (χ1) is 16.8. The predicted octanol–water partition coefficient (Wildman–Crippen LogP) is 6.33. The third-order valence-corrected chi connectivity index (χ3v) is 10.6. The SMILES string of the molecule is O=S(=O)(c1ccccc1)C(F)(C/C=C/c1ccc(-c2ccccc2)cc1)S(=O)(=O)c1ccccc1. The molecule has 0 aliphatic heterocycles. The summed E-state index contributed by atoms with van der Waals surface area (Å²) in [4.78, 5) is -0.801. The highest BCUT2D eigenvalue weighted by atomic mass is 32.3. The lowest BCUT2D eigenvalue weighted by Gasteiger charge is -2.24. The van der Waals surface area contributed by atoms with Crippen LogP contribution in [0.1, 0.15) is 12.0 Å². The van der Waals surface area contributed by atoms with Gasteiger partial charge in [-0.1, -0.05) is 103 Å². The van der Waals surface area contributed by atoms with E-state index in [0.29, 0.717) is 5.56 Å². The quantitative estimate of drug-likeness (QED) is 0.280. The second kappa shape index (κ2) is 9.98. The Morgan fingerprint density at radius 1 is 0.571 bits per heavy atom. The fourth-order valence-electron chi connectivity index (χ4n) is 3.67. The number of halogens is 1. The fraction of sp³-hybridized carbons (Fsp3) is 0.0714. The Kier molecular flexibility index (Phi) is 7.00. The van der Waals surface area contributed by atoms with Crippen LogP contribution < -0.4 is 0 Å². The van der Waals surface area contributed by atoms with Crippen molar-refractivity contribution in [1.29, 1.82) is 0 Å². The molecule has 0 aromatic heterocycles. The van der Waals surface area contributed by atoms with Gasteiger partial charge in [-0.05, 0) is 41.0 Å². The summed E-state index contributed by atoms with van der Waals surface area (Å²) in [5, 5.41) is 0. The highest BCUT2D eigenvalue weighted by molar-refractivity contribution is 8.10. The molecule has 7 heteroatoms. The summed E-state index contributed by atoms with van der Waals surface area (Å²) in [6.07, 6.45) is 1.89. The molecule has 0 aliphatic carbocycles. The molecule has 0 aliphatic rings. The molecule has 0 saturated heterocycles. The summed E-state index contributed by atoms with van der Waals surface area (Å²) >= 11 is 0. The smallest absolute Gasteiger partial charge is 0.219 e. The normalized spacial score (nSPS) is 12.6. The van der Waals surface area contributed by atoms with Crippen molar-refractivity contribution in [3.05, 3.63) is 127 Å². The average Bonchev–Trinajstić information content (AvgIpc) is 2.90. The van der Waals surface area contributed by atoms with Crippen LogP contribution >= 0.6 is 0 Å². The lowest BCUT2D eigenvalue weighted by Crippen LogP contribution is -2.42. The predicted molar refractivity (Wildman–Crippen MR) is 137 cm³/mol. The topological polar surface area (TPSA) is 68.3 Å². The van der Waals surface area contributed by atoms with Crippen molar-refractivity contribution in [2.24, 2.45) is 0 Å². The summed E-state index contributed by atoms with van der Waals surface area (Å²) in [6.45, 7) is 0. The molecule has 4 aromatic rings. The number of alkyl halides is 1. The van der Waals surface area contributed by atoms with E-state index in [1.165, 1.54) is 60.7 Å². The van der Waals surface area contributed by atoms with Gasteiger partial charge >= 0.3 is 4.33 Å². The molecule has 4 nitrogen and oxygen atoms in total. The Balaban J connectivity index is 1.69. The molecule has 0 bridgehead atoms. The van der Waals surface area contributed by atoms with Gasteiger partial charge in [0.1, 0.15) is 0 Å². The van der Waals surface area contributed by atoms with Crippen LogP contribution in [0.3, 0.4) is 0 Å². The van der Waals surface area contributed by atoms with Gasteiger partial charge in [-0.15, -0.1) is 0 Å². The number of allylic oxidation sites excluding steroid dienone is 1. The largest absolute Gasteiger partial charge is 0.321 e. The standard InChI is InChI=1S/C28H23FO4S2/c29-28(34(30,31)26-14-6-2-7-15-26,35(32,33)27-16-8-3-9-17-27)22-10-11-23-18-20-25(21-19-23)24-12-4-1-5-13-24/h1-21H,22H2/b11-10+. The van der Waals surface area contributed by atoms with Crippen LogP contribution in [-0.2, 0) is 19.7 Å². The molecular weight excluding hydrogens is 483 g/mol. The average molecular weight is 507 g/mol. The molecule has 0 fully saturated rings. The van der Waals surface area contributed by atoms with Gasteiger partial charge in [0.2, 0.25) is 19.7 Å². The van der Waals surface area contributed by atoms with Crippen LogP contribution in [0.2, 0.25) is 0 Å². The molecule has 0 atom stereocenters. The first kappa shape index (κ1) is 24.6. The molecule has 0 heterocycles. The molecule has 178 valence electrons. The van der Waals surface area contributed by atoms with Crippen LogP contribution in [0, 0.1) is 0 Å². The summed E-state index contributed by atoms with van der Waals surface area (Å²) < 4.78 is 66.2. The van der Waals surface area contributed by atoms with E-state index in [4.69, 9.17) is 0 Å². The monoisotopic (exact) mass is 506 g/mol. The van der Waals surface area contributed by atoms with Gasteiger partial charge in [0.05, 0.1) is 9.79 Å². The van der Waals surface area contributed by atoms with Crippen molar-refractivity contribution in [3.8, 4) is 11.1 Å². The van der Waals surface area contributed by atoms with Crippen molar-refractivity contribution in [2.45, 2.75) is 20.5 Å². The lowest BCUT2D eigenvalue weighted by molar-refractivity contribution is 0.358. The van der Waals surface area contributed by atoms with E-state index < -0.39 is 40.2 Å². The third kappa shape index (κ3) is 4.83. The highest BCUT2D eigenvalue weighted by Gasteiger charge is 2.56. The Labute approximate surface area is 205 Å². The zero-order valence-corrected chi connectivity index (χ0v) is 20.3. The van der Waals surface area contributed by atoms with Crippen molar-refractivity contribution >= 4 is 25.8 Å². The van der Waals surface area contributed by atoms with Crippen molar-refractivity contribution < 1.29 is 21.2 Å². The second-order valence-corrected chi connectivity index (χ2v) is 12.4. The Bertz CT molecular complexity index is 1450. The van der Waals surface area contributed by atoms with Crippen molar-refractivity contribution in [1.82, 2.24) is 0 Å². The van der Waals surface area contributed by atoms with Crippen molar-refractivity contribution in [3.63, 3.8) is 0 Å². The Morgan fingerprint density at radius 2 is 0.971 bits per heavy atom. The first-order valence-corrected chi connectivity index (χ1v) is 13.8. The first-order valence-electron chi connectivity index (χ1n) is 10.9. The van der Waals surface area contributed by atoms with Crippen LogP contribution in [0.15, 0.2) is 131 Å². The summed E-state index contributed by atoms with van der Waals surface area (Å²) in [5.74, 6) is 0. The van der Waals surface area contributed by atoms with Crippen LogP contribution in [0.5, 0.6) is 0 Å². The van der Waals surface area contributed by atoms with Gasteiger partial charge < -0.3 is 0 Å². The molecule has 35 heavy (non-hydrogen) atoms. The molecular formula is C28H23FO4S2. The molecule has 0 saturated carbocycles. The maximum atomic E-state index is 16.5. The number of hydrogen-bond donors (Lipinski definition) is 0. The van der Waals surface area contributed by atoms with Gasteiger partial charge in [0.25, 0.3) is 0 Å². The molecule has 0 radical (unpaired) electrons. The Hall–Kier alpha value is -3.55. The van der Waals surface area contributed by atoms with E-state index in [1.54, 1.807) is 24.3 Å². The van der Waals surface area contributed by atoms with Gasteiger partial charge in [0, 0.05) is 6.42 Å². The van der Waals surface area contributed by atoms with Crippen LogP contribution in [0.25, 0.3) is 17.2 Å². The van der Waals surface area contributed by atoms with E-state index in [-0.39, 0.29) is 0 Å². The number of benzene rings is 4. The summed E-state index contributed by atoms with van der Waals surface area (Å²) in [7, 11) is -9.82. The van der Waals surface area contributed by atoms with E-state index in [0.717, 1.165) is 11.1 Å². The molecule has 4 aromatic carbocycles. The highest BCUT2D eigenvalue weighted by Crippen LogP contribution is 2.40. The maximum absolute atomic E-state index is 16.5. The Morgan fingerprint density at radius 3 is 1.43 bits per heavy atom. The molecule has 0 N–H and O–H groups in total. The summed E-state index contributed by atoms with van der Waals surface area (Å²) in [6, 6.07) is 30.7. The minimum absolute atomic E-state index is 0.400. The minimum Gasteiger partial charge on any atom is -0.219 e. The zero-order valence-electron chi connectivity index (χ0n) is 18.7. The second-order valence-electron chi connectivity index (χ2n) is 7.89. The van der Waals surface area contributed by atoms with E-state index in [2.05, 4.69) is 0 Å². The number of sulfone groups is 2. The van der Waals surface area contributed by atoms with Crippen LogP contribution in [-0.4, -0.2) is 21.2 Å². The van der Waals surface area contributed by atoms with Gasteiger partial charge in [-0.2, -0.15) is 0 Å². The fourth-order valence-corrected chi connectivity index (χ4v) is 7.77. The van der Waals surface area contributed by atoms with Gasteiger partial charge in [0.15, 0.2) is 0 Å². The molecule has 4 rings (SSSR count). The number of rotatable bonds is 8. The van der Waals surface area contributed by atoms with E-state index in [9.17, 15) is 16.8 Å². The van der Waals surface area contributed by atoms with Gasteiger partial charge in [-0.3, -0.25) is 0 Å². The lowest BCUT2D eigenvalue weighted by atomic mass is 10.0. The third-order valence-electron chi connectivity index (χ3n) is 5.60. The number of hydrogen-bond acceptors (Lipinski definition) is 4. The minimum atomic E-state index is -4.91. The molecule has 0 spiro atoms. The van der Waals surface area contributed by atoms with E-state index >= 15 is 4.39 Å². The molecule has 0 amide bonds. The van der Waals surface area contributed by atoms with E-state index in [1.807, 2.05) is 42.5 Å². The van der Waals surface area contributed by atoms with Crippen molar-refractivity contribution in [2.75, 3.05) is 0 Å². The zero-order chi connectivity index (χ0) is 24.9. The van der Waals surface area contributed by atoms with Crippen LogP contribution in [0.4, 0.5) is 4.39 Å². The molecule has 0 unspecified atom stereocenters.